The van der Waals surface area contributed by atoms with Gasteiger partial charge in [0.15, 0.2) is 0 Å². The number of hydrogen-bond donors (Lipinski definition) is 1. The van der Waals surface area contributed by atoms with Gasteiger partial charge in [-0.2, -0.15) is 0 Å². The number of hydrogen-bond acceptors (Lipinski definition) is 6. The molecule has 0 bridgehead atoms. The van der Waals surface area contributed by atoms with Crippen LogP contribution in [0.2, 0.25) is 0 Å². The Labute approximate surface area is 155 Å². The first-order valence-electron chi connectivity index (χ1n) is 9.13. The molecular weight excluding hydrogens is 334 g/mol. The van der Waals surface area contributed by atoms with Crippen LogP contribution in [0.1, 0.15) is 20.8 Å². The zero-order chi connectivity index (χ0) is 18.9. The molecule has 1 aliphatic rings. The van der Waals surface area contributed by atoms with E-state index in [4.69, 9.17) is 9.47 Å². The Hall–Kier alpha value is -2.12. The molecule has 1 N–H and O–H groups in total. The Morgan fingerprint density at radius 3 is 2.15 bits per heavy atom. The van der Waals surface area contributed by atoms with Crippen molar-refractivity contribution in [3.05, 3.63) is 24.3 Å². The van der Waals surface area contributed by atoms with Gasteiger partial charge in [0.05, 0.1) is 25.8 Å². The van der Waals surface area contributed by atoms with Crippen LogP contribution in [0.5, 0.6) is 5.75 Å². The van der Waals surface area contributed by atoms with Gasteiger partial charge in [0, 0.05) is 31.9 Å². The molecule has 1 aliphatic heterocycles. The number of nitrogens with one attached hydrogen (secondary N) is 1. The molecule has 1 heterocycles. The van der Waals surface area contributed by atoms with Crippen LogP contribution in [0.3, 0.4) is 0 Å². The molecule has 0 aromatic heterocycles. The lowest BCUT2D eigenvalue weighted by molar-refractivity contribution is -0.149. The number of amides is 1. The van der Waals surface area contributed by atoms with Crippen LogP contribution in [0.25, 0.3) is 0 Å². The van der Waals surface area contributed by atoms with E-state index in [-0.39, 0.29) is 18.0 Å². The summed E-state index contributed by atoms with van der Waals surface area (Å²) in [5, 5.41) is 2.90. The fraction of sp³-hybridized carbons (Fsp3) is 0.579. The third-order valence-electron chi connectivity index (χ3n) is 4.00. The third kappa shape index (κ3) is 7.01. The Morgan fingerprint density at radius 2 is 1.62 bits per heavy atom. The van der Waals surface area contributed by atoms with E-state index in [1.807, 2.05) is 45.0 Å². The van der Waals surface area contributed by atoms with Gasteiger partial charge >= 0.3 is 5.97 Å². The van der Waals surface area contributed by atoms with E-state index in [0.717, 1.165) is 37.6 Å². The van der Waals surface area contributed by atoms with Crippen molar-refractivity contribution in [2.24, 2.45) is 0 Å². The van der Waals surface area contributed by atoms with Crippen LogP contribution in [0, 0.1) is 0 Å². The molecule has 1 aromatic rings. The van der Waals surface area contributed by atoms with Gasteiger partial charge in [0.1, 0.15) is 5.75 Å². The Morgan fingerprint density at radius 1 is 1.04 bits per heavy atom. The first-order valence-corrected chi connectivity index (χ1v) is 9.13. The first-order chi connectivity index (χ1) is 12.5. The number of ether oxygens (including phenoxy) is 2. The number of piperazine rings is 1. The molecule has 1 fully saturated rings. The minimum Gasteiger partial charge on any atom is -0.494 e. The molecule has 1 aromatic carbocycles. The molecule has 0 radical (unpaired) electrons. The van der Waals surface area contributed by atoms with E-state index in [2.05, 4.69) is 15.1 Å². The van der Waals surface area contributed by atoms with Gasteiger partial charge in [-0.1, -0.05) is 0 Å². The Bertz CT molecular complexity index is 581. The zero-order valence-corrected chi connectivity index (χ0v) is 15.9. The van der Waals surface area contributed by atoms with Crippen molar-refractivity contribution in [1.82, 2.24) is 9.80 Å². The SMILES string of the molecule is CCOc1ccc(NC(=O)CN2CCN(CC(=O)OC(C)C)CC2)cc1. The van der Waals surface area contributed by atoms with Crippen molar-refractivity contribution in [2.75, 3.05) is 51.2 Å². The lowest BCUT2D eigenvalue weighted by Gasteiger charge is -2.33. The van der Waals surface area contributed by atoms with Crippen LogP contribution < -0.4 is 10.1 Å². The second-order valence-corrected chi connectivity index (χ2v) is 6.60. The quantitative estimate of drug-likeness (QED) is 0.708. The van der Waals surface area contributed by atoms with Crippen molar-refractivity contribution < 1.29 is 19.1 Å². The summed E-state index contributed by atoms with van der Waals surface area (Å²) in [5.41, 5.74) is 0.758. The predicted octanol–water partition coefficient (Wildman–Crippen LogP) is 1.59. The van der Waals surface area contributed by atoms with E-state index in [1.54, 1.807) is 0 Å². The van der Waals surface area contributed by atoms with Gasteiger partial charge in [-0.05, 0) is 45.0 Å². The van der Waals surface area contributed by atoms with Crippen LogP contribution in [-0.2, 0) is 14.3 Å². The second-order valence-electron chi connectivity index (χ2n) is 6.60. The van der Waals surface area contributed by atoms with E-state index >= 15 is 0 Å². The lowest BCUT2D eigenvalue weighted by Crippen LogP contribution is -2.50. The minimum absolute atomic E-state index is 0.0400. The highest BCUT2D eigenvalue weighted by molar-refractivity contribution is 5.92. The largest absolute Gasteiger partial charge is 0.494 e. The molecule has 1 amide bonds. The van der Waals surface area contributed by atoms with Gasteiger partial charge in [-0.15, -0.1) is 0 Å². The molecule has 0 aliphatic carbocycles. The molecule has 7 heteroatoms. The number of rotatable bonds is 8. The van der Waals surface area contributed by atoms with E-state index in [9.17, 15) is 9.59 Å². The average Bonchev–Trinajstić information content (AvgIpc) is 2.58. The summed E-state index contributed by atoms with van der Waals surface area (Å²) in [6.45, 7) is 9.92. The molecular formula is C19H29N3O4. The molecule has 1 saturated heterocycles. The standard InChI is InChI=1S/C19H29N3O4/c1-4-25-17-7-5-16(6-8-17)20-18(23)13-21-9-11-22(12-10-21)14-19(24)26-15(2)3/h5-8,15H,4,9-14H2,1-3H3,(H,20,23). The van der Waals surface area contributed by atoms with E-state index < -0.39 is 0 Å². The summed E-state index contributed by atoms with van der Waals surface area (Å²) in [5.74, 6) is 0.557. The summed E-state index contributed by atoms with van der Waals surface area (Å²) >= 11 is 0. The van der Waals surface area contributed by atoms with Gasteiger partial charge < -0.3 is 14.8 Å². The number of anilines is 1. The third-order valence-corrected chi connectivity index (χ3v) is 4.00. The van der Waals surface area contributed by atoms with Crippen LogP contribution in [-0.4, -0.2) is 73.7 Å². The fourth-order valence-corrected chi connectivity index (χ4v) is 2.79. The zero-order valence-electron chi connectivity index (χ0n) is 15.9. The van der Waals surface area contributed by atoms with Crippen molar-refractivity contribution in [1.29, 1.82) is 0 Å². The molecule has 2 rings (SSSR count). The number of esters is 1. The molecule has 0 saturated carbocycles. The van der Waals surface area contributed by atoms with Crippen molar-refractivity contribution in [3.8, 4) is 5.75 Å². The van der Waals surface area contributed by atoms with Crippen molar-refractivity contribution in [3.63, 3.8) is 0 Å². The van der Waals surface area contributed by atoms with Gasteiger partial charge in [-0.3, -0.25) is 19.4 Å². The van der Waals surface area contributed by atoms with Crippen molar-refractivity contribution in [2.45, 2.75) is 26.9 Å². The summed E-state index contributed by atoms with van der Waals surface area (Å²) in [6.07, 6.45) is -0.0879. The maximum absolute atomic E-state index is 12.2. The van der Waals surface area contributed by atoms with Gasteiger partial charge in [-0.25, -0.2) is 0 Å². The minimum atomic E-state index is -0.193. The second kappa shape index (κ2) is 10.1. The van der Waals surface area contributed by atoms with E-state index in [0.29, 0.717) is 19.7 Å². The molecule has 0 spiro atoms. The lowest BCUT2D eigenvalue weighted by atomic mass is 10.3. The van der Waals surface area contributed by atoms with Crippen LogP contribution in [0.4, 0.5) is 5.69 Å². The summed E-state index contributed by atoms with van der Waals surface area (Å²) in [7, 11) is 0. The fourth-order valence-electron chi connectivity index (χ4n) is 2.79. The molecule has 144 valence electrons. The van der Waals surface area contributed by atoms with Crippen LogP contribution in [0.15, 0.2) is 24.3 Å². The normalized spacial score (nSPS) is 15.7. The highest BCUT2D eigenvalue weighted by atomic mass is 16.5. The summed E-state index contributed by atoms with van der Waals surface area (Å²) < 4.78 is 10.6. The van der Waals surface area contributed by atoms with Crippen molar-refractivity contribution >= 4 is 17.6 Å². The topological polar surface area (TPSA) is 71.1 Å². The number of nitrogens with zero attached hydrogens (tertiary/aromatic N) is 2. The molecule has 26 heavy (non-hydrogen) atoms. The maximum Gasteiger partial charge on any atom is 0.320 e. The van der Waals surface area contributed by atoms with Gasteiger partial charge in [0.25, 0.3) is 0 Å². The van der Waals surface area contributed by atoms with E-state index in [1.165, 1.54) is 0 Å². The number of benzene rings is 1. The first kappa shape index (κ1) is 20.2. The molecule has 0 atom stereocenters. The molecule has 7 nitrogen and oxygen atoms in total. The highest BCUT2D eigenvalue weighted by Gasteiger charge is 2.21. The summed E-state index contributed by atoms with van der Waals surface area (Å²) in [6, 6.07) is 7.35. The highest BCUT2D eigenvalue weighted by Crippen LogP contribution is 2.15. The number of carbonyl (C=O) groups excluding carboxylic acids is 2. The predicted molar refractivity (Wildman–Crippen MR) is 100 cm³/mol. The van der Waals surface area contributed by atoms with Gasteiger partial charge in [0.2, 0.25) is 5.91 Å². The summed E-state index contributed by atoms with van der Waals surface area (Å²) in [4.78, 5) is 28.1. The Kier molecular flexibility index (Phi) is 7.87. The smallest absolute Gasteiger partial charge is 0.320 e. The Balaban J connectivity index is 1.69. The molecule has 0 unspecified atom stereocenters. The van der Waals surface area contributed by atoms with Crippen LogP contribution >= 0.6 is 0 Å². The maximum atomic E-state index is 12.2. The monoisotopic (exact) mass is 363 g/mol. The number of carbonyl (C=O) groups is 2. The average molecular weight is 363 g/mol.